The van der Waals surface area contributed by atoms with E-state index in [1.54, 1.807) is 24.3 Å². The predicted molar refractivity (Wildman–Crippen MR) is 141 cm³/mol. The molecule has 0 N–H and O–H groups in total. The van der Waals surface area contributed by atoms with Crippen molar-refractivity contribution in [1.29, 1.82) is 0 Å². The number of nitrogens with zero attached hydrogens (tertiary/aromatic N) is 1. The summed E-state index contributed by atoms with van der Waals surface area (Å²) in [5, 5.41) is 0.600. The summed E-state index contributed by atoms with van der Waals surface area (Å²) in [5.74, 6) is -1.65. The minimum Gasteiger partial charge on any atom is -0.330 e. The highest BCUT2D eigenvalue weighted by atomic mass is 16.7. The Bertz CT molecular complexity index is 725. The molecular formula is C30H47NO4. The summed E-state index contributed by atoms with van der Waals surface area (Å²) in [6.45, 7) is 2.27. The zero-order chi connectivity index (χ0) is 25.1. The van der Waals surface area contributed by atoms with Gasteiger partial charge >= 0.3 is 5.97 Å². The maximum atomic E-state index is 12.2. The number of hydroxylamine groups is 2. The molecule has 0 unspecified atom stereocenters. The van der Waals surface area contributed by atoms with Gasteiger partial charge in [-0.15, -0.1) is 0 Å². The number of carbonyl (C=O) groups is 3. The van der Waals surface area contributed by atoms with Gasteiger partial charge in [-0.2, -0.15) is 0 Å². The van der Waals surface area contributed by atoms with E-state index in [2.05, 4.69) is 6.92 Å². The van der Waals surface area contributed by atoms with Gasteiger partial charge in [0.05, 0.1) is 11.1 Å². The summed E-state index contributed by atoms with van der Waals surface area (Å²) in [5.41, 5.74) is 0.572. The zero-order valence-electron chi connectivity index (χ0n) is 22.0. The largest absolute Gasteiger partial charge is 0.333 e. The number of hydrogen-bond donors (Lipinski definition) is 0. The van der Waals surface area contributed by atoms with Crippen LogP contribution in [0.3, 0.4) is 0 Å². The first-order chi connectivity index (χ1) is 17.1. The third kappa shape index (κ3) is 11.4. The molecule has 2 amide bonds. The van der Waals surface area contributed by atoms with Gasteiger partial charge in [-0.25, -0.2) is 4.79 Å². The maximum Gasteiger partial charge on any atom is 0.333 e. The molecule has 0 aliphatic carbocycles. The van der Waals surface area contributed by atoms with Crippen LogP contribution in [0, 0.1) is 0 Å². The molecule has 5 heteroatoms. The molecule has 2 rings (SSSR count). The fourth-order valence-electron chi connectivity index (χ4n) is 4.75. The van der Waals surface area contributed by atoms with Crippen molar-refractivity contribution in [3.63, 3.8) is 0 Å². The molecule has 5 nitrogen and oxygen atoms in total. The van der Waals surface area contributed by atoms with Crippen molar-refractivity contribution < 1.29 is 19.2 Å². The number of unbranched alkanes of at least 4 members (excludes halogenated alkanes) is 18. The topological polar surface area (TPSA) is 63.7 Å². The minimum absolute atomic E-state index is 0.228. The van der Waals surface area contributed by atoms with Gasteiger partial charge in [0.1, 0.15) is 0 Å². The van der Waals surface area contributed by atoms with Gasteiger partial charge in [-0.05, 0) is 18.6 Å². The minimum atomic E-state index is -0.563. The highest BCUT2D eigenvalue weighted by Crippen LogP contribution is 2.23. The van der Waals surface area contributed by atoms with Crippen molar-refractivity contribution in [2.45, 2.75) is 135 Å². The Morgan fingerprint density at radius 1 is 0.600 bits per heavy atom. The van der Waals surface area contributed by atoms with Crippen LogP contribution in [0.25, 0.3) is 0 Å². The Morgan fingerprint density at radius 2 is 0.943 bits per heavy atom. The molecule has 0 saturated heterocycles. The van der Waals surface area contributed by atoms with E-state index >= 15 is 0 Å². The predicted octanol–water partition coefficient (Wildman–Crippen LogP) is 8.56. The van der Waals surface area contributed by atoms with Crippen molar-refractivity contribution in [2.24, 2.45) is 0 Å². The molecule has 0 atom stereocenters. The van der Waals surface area contributed by atoms with E-state index in [-0.39, 0.29) is 17.5 Å². The van der Waals surface area contributed by atoms with Crippen molar-refractivity contribution >= 4 is 17.8 Å². The molecule has 0 spiro atoms. The Morgan fingerprint density at radius 3 is 1.31 bits per heavy atom. The summed E-state index contributed by atoms with van der Waals surface area (Å²) >= 11 is 0. The first-order valence-corrected chi connectivity index (χ1v) is 14.3. The van der Waals surface area contributed by atoms with E-state index in [0.29, 0.717) is 5.06 Å². The quantitative estimate of drug-likeness (QED) is 0.129. The van der Waals surface area contributed by atoms with Crippen LogP contribution in [-0.2, 0) is 9.63 Å². The molecule has 1 aromatic carbocycles. The number of fused-ring (bicyclic) bond motifs is 1. The lowest BCUT2D eigenvalue weighted by atomic mass is 10.0. The molecule has 0 fully saturated rings. The third-order valence-electron chi connectivity index (χ3n) is 6.93. The van der Waals surface area contributed by atoms with Crippen LogP contribution in [0.5, 0.6) is 0 Å². The SMILES string of the molecule is CCCCCCCCCCCCCCCCCCCCCC(=O)ON1C(=O)c2ccccc2C1=O. The van der Waals surface area contributed by atoms with Crippen LogP contribution < -0.4 is 0 Å². The normalized spacial score (nSPS) is 12.9. The van der Waals surface area contributed by atoms with E-state index in [1.165, 1.54) is 103 Å². The second-order valence-electron chi connectivity index (χ2n) is 10.0. The summed E-state index contributed by atoms with van der Waals surface area (Å²) in [6, 6.07) is 6.52. The summed E-state index contributed by atoms with van der Waals surface area (Å²) in [7, 11) is 0. The standard InChI is InChI=1S/C30H47NO4/c1-2-3-4-5-6-7-8-9-10-11-12-13-14-15-16-17-18-19-20-25-28(32)35-31-29(33)26-23-21-22-24-27(26)30(31)34/h21-24H,2-20,25H2,1H3. The molecule has 0 aromatic heterocycles. The first kappa shape index (κ1) is 29.1. The monoisotopic (exact) mass is 485 g/mol. The Hall–Kier alpha value is -2.17. The molecule has 1 aromatic rings. The second kappa shape index (κ2) is 18.1. The molecule has 1 aliphatic rings. The van der Waals surface area contributed by atoms with E-state index in [9.17, 15) is 14.4 Å². The lowest BCUT2D eigenvalue weighted by Gasteiger charge is -2.12. The summed E-state index contributed by atoms with van der Waals surface area (Å²) in [6.07, 6.45) is 25.0. The Labute approximate surface area is 212 Å². The summed E-state index contributed by atoms with van der Waals surface area (Å²) in [4.78, 5) is 41.5. The highest BCUT2D eigenvalue weighted by molar-refractivity contribution is 6.20. The van der Waals surface area contributed by atoms with Gasteiger partial charge in [0.25, 0.3) is 11.8 Å². The number of rotatable bonds is 21. The van der Waals surface area contributed by atoms with Gasteiger partial charge in [0, 0.05) is 6.42 Å². The van der Waals surface area contributed by atoms with Gasteiger partial charge < -0.3 is 4.84 Å². The lowest BCUT2D eigenvalue weighted by Crippen LogP contribution is -2.32. The molecule has 1 heterocycles. The molecule has 35 heavy (non-hydrogen) atoms. The number of carbonyl (C=O) groups excluding carboxylic acids is 3. The average Bonchev–Trinajstić information content (AvgIpc) is 3.10. The van der Waals surface area contributed by atoms with Gasteiger partial charge in [0.15, 0.2) is 0 Å². The summed E-state index contributed by atoms with van der Waals surface area (Å²) < 4.78 is 0. The van der Waals surface area contributed by atoms with Crippen LogP contribution in [0.1, 0.15) is 156 Å². The third-order valence-corrected chi connectivity index (χ3v) is 6.93. The van der Waals surface area contributed by atoms with Crippen LogP contribution in [0.4, 0.5) is 0 Å². The molecule has 0 radical (unpaired) electrons. The molecule has 0 bridgehead atoms. The Kier molecular flexibility index (Phi) is 15.1. The van der Waals surface area contributed by atoms with Gasteiger partial charge in [-0.3, -0.25) is 9.59 Å². The fourth-order valence-corrected chi connectivity index (χ4v) is 4.75. The van der Waals surface area contributed by atoms with Crippen molar-refractivity contribution in [3.05, 3.63) is 35.4 Å². The van der Waals surface area contributed by atoms with Crippen LogP contribution >= 0.6 is 0 Å². The van der Waals surface area contributed by atoms with E-state index < -0.39 is 17.8 Å². The number of amides is 2. The van der Waals surface area contributed by atoms with Crippen LogP contribution in [0.15, 0.2) is 24.3 Å². The fraction of sp³-hybridized carbons (Fsp3) is 0.700. The van der Waals surface area contributed by atoms with Crippen LogP contribution in [-0.4, -0.2) is 22.8 Å². The van der Waals surface area contributed by atoms with Gasteiger partial charge in [0.2, 0.25) is 0 Å². The molecule has 0 saturated carbocycles. The van der Waals surface area contributed by atoms with Crippen molar-refractivity contribution in [1.82, 2.24) is 5.06 Å². The number of benzene rings is 1. The molecule has 196 valence electrons. The highest BCUT2D eigenvalue weighted by Gasteiger charge is 2.38. The van der Waals surface area contributed by atoms with Crippen molar-refractivity contribution in [3.8, 4) is 0 Å². The first-order valence-electron chi connectivity index (χ1n) is 14.3. The molecular weight excluding hydrogens is 438 g/mol. The Balaban J connectivity index is 1.34. The smallest absolute Gasteiger partial charge is 0.330 e. The van der Waals surface area contributed by atoms with Gasteiger partial charge in [-0.1, -0.05) is 140 Å². The van der Waals surface area contributed by atoms with E-state index in [4.69, 9.17) is 4.84 Å². The molecule has 1 aliphatic heterocycles. The lowest BCUT2D eigenvalue weighted by molar-refractivity contribution is -0.168. The number of imide groups is 1. The second-order valence-corrected chi connectivity index (χ2v) is 10.0. The zero-order valence-corrected chi connectivity index (χ0v) is 22.0. The average molecular weight is 486 g/mol. The van der Waals surface area contributed by atoms with Crippen molar-refractivity contribution in [2.75, 3.05) is 0 Å². The number of hydrogen-bond acceptors (Lipinski definition) is 4. The van der Waals surface area contributed by atoms with Crippen LogP contribution in [0.2, 0.25) is 0 Å². The van der Waals surface area contributed by atoms with E-state index in [1.807, 2.05) is 0 Å². The maximum absolute atomic E-state index is 12.2. The van der Waals surface area contributed by atoms with E-state index in [0.717, 1.165) is 19.3 Å².